The van der Waals surface area contributed by atoms with Gasteiger partial charge in [0.15, 0.2) is 5.41 Å². The number of nitro benzene ring substituents is 1. The van der Waals surface area contributed by atoms with Crippen LogP contribution in [-0.4, -0.2) is 35.0 Å². The van der Waals surface area contributed by atoms with Gasteiger partial charge < -0.3 is 5.32 Å². The molecule has 154 valence electrons. The van der Waals surface area contributed by atoms with Gasteiger partial charge in [-0.05, 0) is 24.1 Å². The number of likely N-dealkylation sites (tertiary alicyclic amines) is 1. The Morgan fingerprint density at radius 1 is 1.10 bits per heavy atom. The summed E-state index contributed by atoms with van der Waals surface area (Å²) in [6.07, 6.45) is -4.99. The fourth-order valence-electron chi connectivity index (χ4n) is 3.50. The monoisotopic (exact) mass is 407 g/mol. The molecule has 6 nitrogen and oxygen atoms in total. The van der Waals surface area contributed by atoms with Crippen molar-refractivity contribution in [2.24, 2.45) is 5.41 Å². The van der Waals surface area contributed by atoms with Crippen molar-refractivity contribution in [3.63, 3.8) is 0 Å². The zero-order valence-electron chi connectivity index (χ0n) is 15.5. The van der Waals surface area contributed by atoms with Crippen molar-refractivity contribution < 1.29 is 22.9 Å². The molecule has 2 aromatic rings. The van der Waals surface area contributed by atoms with E-state index in [0.29, 0.717) is 12.1 Å². The number of hydrogen-bond donors (Lipinski definition) is 1. The second kappa shape index (κ2) is 8.20. The fraction of sp³-hybridized carbons (Fsp3) is 0.350. The maximum atomic E-state index is 13.9. The van der Waals surface area contributed by atoms with Crippen LogP contribution >= 0.6 is 0 Å². The van der Waals surface area contributed by atoms with E-state index in [-0.39, 0.29) is 25.2 Å². The lowest BCUT2D eigenvalue weighted by molar-refractivity contribution is -0.384. The van der Waals surface area contributed by atoms with Gasteiger partial charge in [-0.3, -0.25) is 19.8 Å². The zero-order chi connectivity index (χ0) is 21.1. The number of benzene rings is 2. The third kappa shape index (κ3) is 4.56. The molecule has 1 N–H and O–H groups in total. The van der Waals surface area contributed by atoms with Crippen molar-refractivity contribution in [3.8, 4) is 0 Å². The number of nitrogens with zero attached hydrogens (tertiary/aromatic N) is 2. The molecule has 1 heterocycles. The molecule has 0 aromatic heterocycles. The Labute approximate surface area is 165 Å². The van der Waals surface area contributed by atoms with Gasteiger partial charge in [0, 0.05) is 31.8 Å². The van der Waals surface area contributed by atoms with Crippen LogP contribution in [0.15, 0.2) is 54.6 Å². The maximum Gasteiger partial charge on any atom is 0.404 e. The SMILES string of the molecule is O=C(NCc1ccc([N+](=O)[O-])cc1)C1(C(F)(F)F)CCN(Cc2ccccc2)C1. The first kappa shape index (κ1) is 20.8. The van der Waals surface area contributed by atoms with E-state index in [2.05, 4.69) is 5.32 Å². The van der Waals surface area contributed by atoms with E-state index in [1.165, 1.54) is 24.3 Å². The number of alkyl halides is 3. The topological polar surface area (TPSA) is 75.5 Å². The van der Waals surface area contributed by atoms with Crippen molar-refractivity contribution in [2.75, 3.05) is 13.1 Å². The number of rotatable bonds is 6. The highest BCUT2D eigenvalue weighted by atomic mass is 19.4. The Morgan fingerprint density at radius 2 is 1.76 bits per heavy atom. The molecule has 1 saturated heterocycles. The highest BCUT2D eigenvalue weighted by Gasteiger charge is 2.62. The molecule has 1 fully saturated rings. The minimum atomic E-state index is -4.68. The second-order valence-corrected chi connectivity index (χ2v) is 7.13. The Morgan fingerprint density at radius 3 is 2.34 bits per heavy atom. The molecule has 1 unspecified atom stereocenters. The number of halogens is 3. The predicted octanol–water partition coefficient (Wildman–Crippen LogP) is 3.67. The summed E-state index contributed by atoms with van der Waals surface area (Å²) in [4.78, 5) is 24.3. The summed E-state index contributed by atoms with van der Waals surface area (Å²) in [6.45, 7) is -0.0293. The van der Waals surface area contributed by atoms with Gasteiger partial charge in [-0.1, -0.05) is 42.5 Å². The summed E-state index contributed by atoms with van der Waals surface area (Å²) in [5.41, 5.74) is -1.22. The normalized spacial score (nSPS) is 19.8. The lowest BCUT2D eigenvalue weighted by Gasteiger charge is -2.30. The molecule has 0 saturated carbocycles. The van der Waals surface area contributed by atoms with Crippen LogP contribution in [0.2, 0.25) is 0 Å². The highest BCUT2D eigenvalue weighted by molar-refractivity contribution is 5.84. The predicted molar refractivity (Wildman–Crippen MR) is 99.8 cm³/mol. The van der Waals surface area contributed by atoms with E-state index >= 15 is 0 Å². The van der Waals surface area contributed by atoms with E-state index in [9.17, 15) is 28.1 Å². The van der Waals surface area contributed by atoms with Crippen molar-refractivity contribution in [2.45, 2.75) is 25.7 Å². The first-order chi connectivity index (χ1) is 13.7. The van der Waals surface area contributed by atoms with E-state index in [1.54, 1.807) is 4.90 Å². The molecule has 1 aliphatic heterocycles. The molecular weight excluding hydrogens is 387 g/mol. The van der Waals surface area contributed by atoms with Gasteiger partial charge in [-0.2, -0.15) is 13.2 Å². The molecule has 1 aliphatic rings. The number of amides is 1. The third-order valence-electron chi connectivity index (χ3n) is 5.17. The number of nitro groups is 1. The molecule has 3 rings (SSSR count). The van der Waals surface area contributed by atoms with Gasteiger partial charge in [-0.25, -0.2) is 0 Å². The molecule has 1 amide bonds. The van der Waals surface area contributed by atoms with Gasteiger partial charge in [0.2, 0.25) is 5.91 Å². The lowest BCUT2D eigenvalue weighted by Crippen LogP contribution is -2.52. The summed E-state index contributed by atoms with van der Waals surface area (Å²) < 4.78 is 41.7. The molecule has 9 heteroatoms. The van der Waals surface area contributed by atoms with E-state index in [1.807, 2.05) is 30.3 Å². The largest absolute Gasteiger partial charge is 0.404 e. The van der Waals surface area contributed by atoms with Gasteiger partial charge in [-0.15, -0.1) is 0 Å². The quantitative estimate of drug-likeness (QED) is 0.586. The summed E-state index contributed by atoms with van der Waals surface area (Å²) >= 11 is 0. The van der Waals surface area contributed by atoms with Crippen LogP contribution in [0.25, 0.3) is 0 Å². The number of nitrogens with one attached hydrogen (secondary N) is 1. The molecule has 2 aromatic carbocycles. The zero-order valence-corrected chi connectivity index (χ0v) is 15.5. The van der Waals surface area contributed by atoms with Gasteiger partial charge in [0.1, 0.15) is 0 Å². The Balaban J connectivity index is 1.68. The number of carbonyl (C=O) groups is 1. The fourth-order valence-corrected chi connectivity index (χ4v) is 3.50. The maximum absolute atomic E-state index is 13.9. The van der Waals surface area contributed by atoms with E-state index in [4.69, 9.17) is 0 Å². The summed E-state index contributed by atoms with van der Waals surface area (Å²) in [5, 5.41) is 13.0. The molecular formula is C20H20F3N3O3. The summed E-state index contributed by atoms with van der Waals surface area (Å²) in [7, 11) is 0. The molecule has 0 bridgehead atoms. The number of hydrogen-bond acceptors (Lipinski definition) is 4. The average Bonchev–Trinajstić information content (AvgIpc) is 3.12. The Bertz CT molecular complexity index is 872. The van der Waals surface area contributed by atoms with Crippen molar-refractivity contribution in [1.29, 1.82) is 0 Å². The summed E-state index contributed by atoms with van der Waals surface area (Å²) in [6, 6.07) is 14.5. The van der Waals surface area contributed by atoms with Crippen molar-refractivity contribution >= 4 is 11.6 Å². The van der Waals surface area contributed by atoms with Crippen molar-refractivity contribution in [1.82, 2.24) is 10.2 Å². The highest BCUT2D eigenvalue weighted by Crippen LogP contribution is 2.46. The second-order valence-electron chi connectivity index (χ2n) is 7.13. The minimum absolute atomic E-state index is 0.126. The van der Waals surface area contributed by atoms with Crippen LogP contribution in [-0.2, 0) is 17.9 Å². The number of carbonyl (C=O) groups excluding carboxylic acids is 1. The van der Waals surface area contributed by atoms with Gasteiger partial charge in [0.05, 0.1) is 4.92 Å². The average molecular weight is 407 g/mol. The first-order valence-corrected chi connectivity index (χ1v) is 9.06. The molecule has 0 radical (unpaired) electrons. The Hall–Kier alpha value is -2.94. The number of non-ortho nitro benzene ring substituents is 1. The standard InChI is InChI=1S/C20H20F3N3O3/c21-20(22,23)19(10-11-25(14-19)13-16-4-2-1-3-5-16)18(27)24-12-15-6-8-17(9-7-15)26(28)29/h1-9H,10-14H2,(H,24,27). The molecule has 0 aliphatic carbocycles. The molecule has 1 atom stereocenters. The van der Waals surface area contributed by atoms with Crippen LogP contribution in [0.4, 0.5) is 18.9 Å². The Kier molecular flexibility index (Phi) is 5.88. The van der Waals surface area contributed by atoms with E-state index in [0.717, 1.165) is 5.56 Å². The summed E-state index contributed by atoms with van der Waals surface area (Å²) in [5.74, 6) is -1.07. The van der Waals surface area contributed by atoms with Crippen LogP contribution < -0.4 is 5.32 Å². The van der Waals surface area contributed by atoms with Crippen molar-refractivity contribution in [3.05, 3.63) is 75.8 Å². The smallest absolute Gasteiger partial charge is 0.351 e. The third-order valence-corrected chi connectivity index (χ3v) is 5.17. The van der Waals surface area contributed by atoms with Crippen LogP contribution in [0.3, 0.4) is 0 Å². The molecule has 29 heavy (non-hydrogen) atoms. The van der Waals surface area contributed by atoms with Crippen LogP contribution in [0.1, 0.15) is 17.5 Å². The van der Waals surface area contributed by atoms with Gasteiger partial charge >= 0.3 is 6.18 Å². The van der Waals surface area contributed by atoms with E-state index < -0.39 is 29.0 Å². The minimum Gasteiger partial charge on any atom is -0.351 e. The van der Waals surface area contributed by atoms with Crippen LogP contribution in [0.5, 0.6) is 0 Å². The first-order valence-electron chi connectivity index (χ1n) is 9.06. The lowest BCUT2D eigenvalue weighted by atomic mass is 9.85. The molecule has 0 spiro atoms. The van der Waals surface area contributed by atoms with Crippen LogP contribution in [0, 0.1) is 15.5 Å². The van der Waals surface area contributed by atoms with Gasteiger partial charge in [0.25, 0.3) is 5.69 Å².